The third-order valence-electron chi connectivity index (χ3n) is 1.57. The highest BCUT2D eigenvalue weighted by molar-refractivity contribution is 5.49. The summed E-state index contributed by atoms with van der Waals surface area (Å²) in [6, 6.07) is 4.60. The molecule has 76 valence electrons. The summed E-state index contributed by atoms with van der Waals surface area (Å²) in [5.74, 6) is 5.04. The number of aromatic nitrogens is 1. The third-order valence-corrected chi connectivity index (χ3v) is 1.57. The average Bonchev–Trinajstić information content (AvgIpc) is 2.29. The maximum atomic E-state index is 10.6. The van der Waals surface area contributed by atoms with Crippen LogP contribution in [0.5, 0.6) is 0 Å². The Balaban J connectivity index is 3.16. The van der Waals surface area contributed by atoms with Gasteiger partial charge in [-0.05, 0) is 0 Å². The van der Waals surface area contributed by atoms with Gasteiger partial charge in [0.25, 0.3) is 0 Å². The van der Waals surface area contributed by atoms with E-state index in [1.165, 1.54) is 6.20 Å². The smallest absolute Gasteiger partial charge is 0.258 e. The lowest BCUT2D eigenvalue weighted by atomic mass is 10.2. The van der Waals surface area contributed by atoms with Crippen molar-refractivity contribution < 1.29 is 4.92 Å². The third kappa shape index (κ3) is 2.54. The summed E-state index contributed by atoms with van der Waals surface area (Å²) in [6.07, 6.45) is 1.30. The van der Waals surface area contributed by atoms with Gasteiger partial charge in [-0.25, -0.2) is 4.98 Å². The summed E-state index contributed by atoms with van der Waals surface area (Å²) in [6.45, 7) is 0. The van der Waals surface area contributed by atoms with Crippen molar-refractivity contribution in [3.63, 3.8) is 0 Å². The molecule has 0 unspecified atom stereocenters. The summed E-state index contributed by atoms with van der Waals surface area (Å²) in [7, 11) is 0. The Hall–Kier alpha value is -2.91. The average molecular weight is 212 g/mol. The van der Waals surface area contributed by atoms with Crippen LogP contribution in [0.25, 0.3) is 0 Å². The van der Waals surface area contributed by atoms with Crippen molar-refractivity contribution in [2.45, 2.75) is 6.42 Å². The summed E-state index contributed by atoms with van der Waals surface area (Å²) >= 11 is 0. The normalized spacial score (nSPS) is 8.12. The van der Waals surface area contributed by atoms with Gasteiger partial charge in [0.2, 0.25) is 5.69 Å². The van der Waals surface area contributed by atoms with Gasteiger partial charge in [0, 0.05) is 17.8 Å². The van der Waals surface area contributed by atoms with Gasteiger partial charge in [-0.15, -0.1) is 0 Å². The molecule has 0 saturated heterocycles. The molecular weight excluding hydrogens is 208 g/mol. The number of nitro groups is 1. The highest BCUT2D eigenvalue weighted by atomic mass is 16.6. The fourth-order valence-corrected chi connectivity index (χ4v) is 0.933. The molecule has 16 heavy (non-hydrogen) atoms. The number of pyridine rings is 1. The first-order chi connectivity index (χ1) is 7.69. The van der Waals surface area contributed by atoms with Gasteiger partial charge < -0.3 is 0 Å². The van der Waals surface area contributed by atoms with E-state index in [9.17, 15) is 10.1 Å². The molecule has 0 amide bonds. The lowest BCUT2D eigenvalue weighted by molar-refractivity contribution is -0.385. The Labute approximate surface area is 90.9 Å². The monoisotopic (exact) mass is 212 g/mol. The predicted molar refractivity (Wildman–Crippen MR) is 52.7 cm³/mol. The minimum Gasteiger partial charge on any atom is -0.258 e. The van der Waals surface area contributed by atoms with Crippen molar-refractivity contribution >= 4 is 5.69 Å². The van der Waals surface area contributed by atoms with Crippen LogP contribution in [0.2, 0.25) is 0 Å². The van der Waals surface area contributed by atoms with Crippen LogP contribution in [0, 0.1) is 44.6 Å². The van der Waals surface area contributed by atoms with Crippen LogP contribution in [0.1, 0.15) is 17.7 Å². The van der Waals surface area contributed by atoms with Gasteiger partial charge in [-0.1, -0.05) is 11.8 Å². The van der Waals surface area contributed by atoms with Crippen LogP contribution in [-0.4, -0.2) is 9.91 Å². The molecule has 0 bridgehead atoms. The molecule has 1 heterocycles. The van der Waals surface area contributed by atoms with Gasteiger partial charge in [0.1, 0.15) is 6.07 Å². The summed E-state index contributed by atoms with van der Waals surface area (Å²) in [5.41, 5.74) is -0.331. The first-order valence-electron chi connectivity index (χ1n) is 4.09. The second-order valence-corrected chi connectivity index (χ2v) is 2.60. The molecule has 1 aromatic rings. The molecule has 0 fully saturated rings. The Kier molecular flexibility index (Phi) is 3.55. The molecule has 6 nitrogen and oxygen atoms in total. The second-order valence-electron chi connectivity index (χ2n) is 2.60. The molecule has 0 atom stereocenters. The van der Waals surface area contributed by atoms with E-state index in [-0.39, 0.29) is 17.8 Å². The van der Waals surface area contributed by atoms with Crippen LogP contribution in [-0.2, 0) is 0 Å². The predicted octanol–water partition coefficient (Wildman–Crippen LogP) is 1.13. The zero-order valence-corrected chi connectivity index (χ0v) is 7.97. The molecule has 0 spiro atoms. The van der Waals surface area contributed by atoms with E-state index in [4.69, 9.17) is 10.5 Å². The Morgan fingerprint density at radius 1 is 1.50 bits per heavy atom. The van der Waals surface area contributed by atoms with E-state index < -0.39 is 4.92 Å². The topological polar surface area (TPSA) is 104 Å². The standard InChI is InChI=1S/C10H4N4O2/c11-4-2-1-3-8-5-10(14(15)16)9(6-12)13-7-8/h5,7H,2H2. The maximum absolute atomic E-state index is 10.6. The highest BCUT2D eigenvalue weighted by Crippen LogP contribution is 2.16. The van der Waals surface area contributed by atoms with Crippen LogP contribution < -0.4 is 0 Å². The van der Waals surface area contributed by atoms with Crippen molar-refractivity contribution in [2.24, 2.45) is 0 Å². The molecule has 0 N–H and O–H groups in total. The van der Waals surface area contributed by atoms with Crippen LogP contribution in [0.4, 0.5) is 5.69 Å². The lowest BCUT2D eigenvalue weighted by Gasteiger charge is -1.94. The quantitative estimate of drug-likeness (QED) is 0.394. The van der Waals surface area contributed by atoms with E-state index in [0.29, 0.717) is 5.56 Å². The summed E-state index contributed by atoms with van der Waals surface area (Å²) in [4.78, 5) is 13.5. The SMILES string of the molecule is N#CCC#Cc1cnc(C#N)c([N+](=O)[O-])c1. The number of hydrogen-bond acceptors (Lipinski definition) is 5. The second kappa shape index (κ2) is 5.09. The van der Waals surface area contributed by atoms with Crippen molar-refractivity contribution in [3.8, 4) is 24.0 Å². The van der Waals surface area contributed by atoms with Gasteiger partial charge in [-0.3, -0.25) is 10.1 Å². The molecule has 0 radical (unpaired) electrons. The Bertz CT molecular complexity index is 569. The molecule has 6 heteroatoms. The minimum atomic E-state index is -0.693. The number of rotatable bonds is 1. The molecular formula is C10H4N4O2. The molecule has 0 aliphatic rings. The van der Waals surface area contributed by atoms with E-state index >= 15 is 0 Å². The van der Waals surface area contributed by atoms with Gasteiger partial charge >= 0.3 is 5.69 Å². The number of nitriles is 2. The maximum Gasteiger partial charge on any atom is 0.306 e. The van der Waals surface area contributed by atoms with E-state index in [2.05, 4.69) is 16.8 Å². The van der Waals surface area contributed by atoms with Gasteiger partial charge in [0.05, 0.1) is 17.4 Å². The first-order valence-corrected chi connectivity index (χ1v) is 4.09. The van der Waals surface area contributed by atoms with E-state index in [1.54, 1.807) is 6.07 Å². The largest absolute Gasteiger partial charge is 0.306 e. The molecule has 0 saturated carbocycles. The van der Waals surface area contributed by atoms with Crippen LogP contribution in [0.15, 0.2) is 12.3 Å². The fourth-order valence-electron chi connectivity index (χ4n) is 0.933. The Morgan fingerprint density at radius 2 is 2.25 bits per heavy atom. The van der Waals surface area contributed by atoms with Gasteiger partial charge in [0.15, 0.2) is 0 Å². The first kappa shape index (κ1) is 11.2. The number of nitrogens with zero attached hydrogens (tertiary/aromatic N) is 4. The van der Waals surface area contributed by atoms with Crippen LogP contribution in [0.3, 0.4) is 0 Å². The zero-order valence-electron chi connectivity index (χ0n) is 7.97. The Morgan fingerprint density at radius 3 is 2.81 bits per heavy atom. The summed E-state index contributed by atoms with van der Waals surface area (Å²) in [5, 5.41) is 27.4. The van der Waals surface area contributed by atoms with Crippen molar-refractivity contribution in [1.82, 2.24) is 4.98 Å². The summed E-state index contributed by atoms with van der Waals surface area (Å²) < 4.78 is 0. The van der Waals surface area contributed by atoms with Crippen molar-refractivity contribution in [2.75, 3.05) is 0 Å². The van der Waals surface area contributed by atoms with Crippen molar-refractivity contribution in [3.05, 3.63) is 33.6 Å². The van der Waals surface area contributed by atoms with Crippen LogP contribution >= 0.6 is 0 Å². The van der Waals surface area contributed by atoms with Crippen molar-refractivity contribution in [1.29, 1.82) is 10.5 Å². The van der Waals surface area contributed by atoms with Gasteiger partial charge in [-0.2, -0.15) is 10.5 Å². The minimum absolute atomic E-state index is 0.0355. The van der Waals surface area contributed by atoms with E-state index in [0.717, 1.165) is 6.07 Å². The molecule has 1 rings (SSSR count). The number of hydrogen-bond donors (Lipinski definition) is 0. The van der Waals surface area contributed by atoms with E-state index in [1.807, 2.05) is 6.07 Å². The molecule has 0 aliphatic carbocycles. The molecule has 0 aromatic carbocycles. The molecule has 1 aromatic heterocycles. The zero-order chi connectivity index (χ0) is 12.0. The fraction of sp³-hybridized carbons (Fsp3) is 0.100. The highest BCUT2D eigenvalue weighted by Gasteiger charge is 2.14. The lowest BCUT2D eigenvalue weighted by Crippen LogP contribution is -1.95. The molecule has 0 aliphatic heterocycles.